The van der Waals surface area contributed by atoms with Crippen LogP contribution in [0.3, 0.4) is 0 Å². The lowest BCUT2D eigenvalue weighted by Gasteiger charge is -2.16. The highest BCUT2D eigenvalue weighted by molar-refractivity contribution is 5.66. The third-order valence-electron chi connectivity index (χ3n) is 3.21. The van der Waals surface area contributed by atoms with Gasteiger partial charge < -0.3 is 14.2 Å². The quantitative estimate of drug-likeness (QED) is 0.313. The van der Waals surface area contributed by atoms with Crippen LogP contribution in [0.25, 0.3) is 0 Å². The van der Waals surface area contributed by atoms with Crippen LogP contribution in [-0.4, -0.2) is 37.7 Å². The van der Waals surface area contributed by atoms with E-state index in [1.54, 1.807) is 0 Å². The van der Waals surface area contributed by atoms with E-state index in [4.69, 9.17) is 14.2 Å². The van der Waals surface area contributed by atoms with Gasteiger partial charge in [-0.1, -0.05) is 6.42 Å². The molecule has 0 heterocycles. The summed E-state index contributed by atoms with van der Waals surface area (Å²) >= 11 is 0. The number of hydrogen-bond donors (Lipinski definition) is 0. The predicted molar refractivity (Wildman–Crippen MR) is 81.1 cm³/mol. The lowest BCUT2D eigenvalue weighted by molar-refractivity contribution is -0.142. The standard InChI is InChI=1S/C16H28O6/c1-13(17)20-10-5-4-7-16(9-12-22-15(3)19)8-6-11-21-14(2)18/h16H,4-12H2,1-3H3. The van der Waals surface area contributed by atoms with Crippen LogP contribution in [0.1, 0.15) is 59.3 Å². The van der Waals surface area contributed by atoms with Gasteiger partial charge in [0.25, 0.3) is 0 Å². The van der Waals surface area contributed by atoms with Crippen LogP contribution in [0, 0.1) is 5.92 Å². The number of carbonyl (C=O) groups excluding carboxylic acids is 3. The van der Waals surface area contributed by atoms with Crippen molar-refractivity contribution in [3.8, 4) is 0 Å². The molecule has 6 heteroatoms. The Morgan fingerprint density at radius 1 is 0.636 bits per heavy atom. The van der Waals surface area contributed by atoms with Gasteiger partial charge >= 0.3 is 17.9 Å². The number of hydrogen-bond acceptors (Lipinski definition) is 6. The largest absolute Gasteiger partial charge is 0.466 e. The lowest BCUT2D eigenvalue weighted by Crippen LogP contribution is -2.10. The number of rotatable bonds is 12. The number of esters is 3. The van der Waals surface area contributed by atoms with Crippen LogP contribution >= 0.6 is 0 Å². The topological polar surface area (TPSA) is 78.9 Å². The summed E-state index contributed by atoms with van der Waals surface area (Å²) in [6.45, 7) is 5.47. The highest BCUT2D eigenvalue weighted by Gasteiger charge is 2.10. The zero-order valence-corrected chi connectivity index (χ0v) is 13.9. The molecule has 0 rings (SSSR count). The van der Waals surface area contributed by atoms with Gasteiger partial charge in [-0.25, -0.2) is 0 Å². The van der Waals surface area contributed by atoms with Crippen molar-refractivity contribution in [2.45, 2.75) is 59.3 Å². The summed E-state index contributed by atoms with van der Waals surface area (Å²) in [6.07, 6.45) is 5.27. The Morgan fingerprint density at radius 2 is 1.09 bits per heavy atom. The van der Waals surface area contributed by atoms with Crippen LogP contribution in [0.2, 0.25) is 0 Å². The van der Waals surface area contributed by atoms with E-state index in [0.717, 1.165) is 38.5 Å². The number of ether oxygens (including phenoxy) is 3. The van der Waals surface area contributed by atoms with E-state index < -0.39 is 0 Å². The molecule has 0 N–H and O–H groups in total. The van der Waals surface area contributed by atoms with Crippen molar-refractivity contribution in [2.24, 2.45) is 5.92 Å². The second-order valence-corrected chi connectivity index (χ2v) is 5.31. The third-order valence-corrected chi connectivity index (χ3v) is 3.21. The number of unbranched alkanes of at least 4 members (excludes halogenated alkanes) is 1. The molecule has 0 amide bonds. The molecule has 6 nitrogen and oxygen atoms in total. The Labute approximate surface area is 132 Å². The molecule has 0 aromatic carbocycles. The van der Waals surface area contributed by atoms with Crippen molar-refractivity contribution in [1.82, 2.24) is 0 Å². The van der Waals surface area contributed by atoms with E-state index in [0.29, 0.717) is 25.7 Å². The molecular weight excluding hydrogens is 288 g/mol. The SMILES string of the molecule is CC(=O)OCCCCC(CCCOC(C)=O)CCOC(C)=O. The van der Waals surface area contributed by atoms with Gasteiger partial charge in [0.05, 0.1) is 19.8 Å². The second-order valence-electron chi connectivity index (χ2n) is 5.31. The van der Waals surface area contributed by atoms with Crippen LogP contribution in [-0.2, 0) is 28.6 Å². The van der Waals surface area contributed by atoms with Gasteiger partial charge in [-0.05, 0) is 38.0 Å². The van der Waals surface area contributed by atoms with Crippen LogP contribution in [0.15, 0.2) is 0 Å². The molecule has 0 aliphatic rings. The fourth-order valence-corrected chi connectivity index (χ4v) is 2.14. The Morgan fingerprint density at radius 3 is 1.64 bits per heavy atom. The zero-order valence-electron chi connectivity index (χ0n) is 13.9. The molecule has 1 unspecified atom stereocenters. The van der Waals surface area contributed by atoms with Crippen LogP contribution in [0.4, 0.5) is 0 Å². The first kappa shape index (κ1) is 20.4. The van der Waals surface area contributed by atoms with Crippen molar-refractivity contribution >= 4 is 17.9 Å². The predicted octanol–water partition coefficient (Wildman–Crippen LogP) is 2.63. The fourth-order valence-electron chi connectivity index (χ4n) is 2.14. The summed E-state index contributed by atoms with van der Waals surface area (Å²) in [4.78, 5) is 32.2. The summed E-state index contributed by atoms with van der Waals surface area (Å²) in [6, 6.07) is 0. The maximum absolute atomic E-state index is 10.8. The average molecular weight is 316 g/mol. The van der Waals surface area contributed by atoms with Gasteiger partial charge in [-0.15, -0.1) is 0 Å². The normalized spacial score (nSPS) is 11.6. The molecule has 0 saturated carbocycles. The monoisotopic (exact) mass is 316 g/mol. The average Bonchev–Trinajstić information content (AvgIpc) is 2.41. The molecule has 22 heavy (non-hydrogen) atoms. The first-order valence-corrected chi connectivity index (χ1v) is 7.82. The third kappa shape index (κ3) is 14.8. The molecule has 1 atom stereocenters. The Balaban J connectivity index is 3.90. The van der Waals surface area contributed by atoms with Gasteiger partial charge in [-0.3, -0.25) is 14.4 Å². The lowest BCUT2D eigenvalue weighted by atomic mass is 9.94. The Bertz CT molecular complexity index is 340. The van der Waals surface area contributed by atoms with E-state index in [1.165, 1.54) is 20.8 Å². The summed E-state index contributed by atoms with van der Waals surface area (Å²) in [7, 11) is 0. The van der Waals surface area contributed by atoms with E-state index in [9.17, 15) is 14.4 Å². The van der Waals surface area contributed by atoms with E-state index in [1.807, 2.05) is 0 Å². The second kappa shape index (κ2) is 13.1. The van der Waals surface area contributed by atoms with Gasteiger partial charge in [0.15, 0.2) is 0 Å². The van der Waals surface area contributed by atoms with Crippen molar-refractivity contribution in [2.75, 3.05) is 19.8 Å². The van der Waals surface area contributed by atoms with Gasteiger partial charge in [0.1, 0.15) is 0 Å². The van der Waals surface area contributed by atoms with E-state index in [2.05, 4.69) is 0 Å². The van der Waals surface area contributed by atoms with Gasteiger partial charge in [0.2, 0.25) is 0 Å². The molecule has 0 aliphatic heterocycles. The minimum absolute atomic E-state index is 0.257. The molecule has 0 bridgehead atoms. The molecule has 128 valence electrons. The van der Waals surface area contributed by atoms with E-state index in [-0.39, 0.29) is 17.9 Å². The maximum atomic E-state index is 10.8. The van der Waals surface area contributed by atoms with Gasteiger partial charge in [-0.2, -0.15) is 0 Å². The zero-order chi connectivity index (χ0) is 16.8. The smallest absolute Gasteiger partial charge is 0.302 e. The van der Waals surface area contributed by atoms with Crippen molar-refractivity contribution in [3.63, 3.8) is 0 Å². The molecule has 0 spiro atoms. The molecule has 0 radical (unpaired) electrons. The van der Waals surface area contributed by atoms with Crippen molar-refractivity contribution < 1.29 is 28.6 Å². The molecule has 0 saturated heterocycles. The highest BCUT2D eigenvalue weighted by Crippen LogP contribution is 2.19. The first-order chi connectivity index (χ1) is 10.4. The minimum Gasteiger partial charge on any atom is -0.466 e. The van der Waals surface area contributed by atoms with Gasteiger partial charge in [0, 0.05) is 20.8 Å². The molecule has 0 aromatic rings. The minimum atomic E-state index is -0.270. The number of carbonyl (C=O) groups is 3. The van der Waals surface area contributed by atoms with E-state index >= 15 is 0 Å². The highest BCUT2D eigenvalue weighted by atomic mass is 16.5. The molecule has 0 aromatic heterocycles. The summed E-state index contributed by atoms with van der Waals surface area (Å²) < 4.78 is 14.8. The summed E-state index contributed by atoms with van der Waals surface area (Å²) in [5.74, 6) is -0.383. The van der Waals surface area contributed by atoms with Crippen molar-refractivity contribution in [1.29, 1.82) is 0 Å². The Hall–Kier alpha value is -1.59. The Kier molecular flexibility index (Phi) is 12.2. The molecular formula is C16H28O6. The van der Waals surface area contributed by atoms with Crippen molar-refractivity contribution in [3.05, 3.63) is 0 Å². The first-order valence-electron chi connectivity index (χ1n) is 7.82. The molecule has 0 fully saturated rings. The summed E-state index contributed by atoms with van der Waals surface area (Å²) in [5.41, 5.74) is 0. The summed E-state index contributed by atoms with van der Waals surface area (Å²) in [5, 5.41) is 0. The fraction of sp³-hybridized carbons (Fsp3) is 0.812. The molecule has 0 aliphatic carbocycles. The van der Waals surface area contributed by atoms with Crippen LogP contribution in [0.5, 0.6) is 0 Å². The van der Waals surface area contributed by atoms with Crippen LogP contribution < -0.4 is 0 Å². The maximum Gasteiger partial charge on any atom is 0.302 e.